The Labute approximate surface area is 144 Å². The lowest BCUT2D eigenvalue weighted by Crippen LogP contribution is -2.32. The number of hydrogen-bond acceptors (Lipinski definition) is 6. The van der Waals surface area contributed by atoms with Crippen LogP contribution in [0, 0.1) is 0 Å². The van der Waals surface area contributed by atoms with Crippen LogP contribution in [-0.2, 0) is 10.3 Å². The highest BCUT2D eigenvalue weighted by Gasteiger charge is 2.48. The van der Waals surface area contributed by atoms with Gasteiger partial charge >= 0.3 is 0 Å². The fourth-order valence-corrected chi connectivity index (χ4v) is 3.33. The minimum atomic E-state index is -0.785. The van der Waals surface area contributed by atoms with Crippen LogP contribution in [0.15, 0.2) is 65.9 Å². The van der Waals surface area contributed by atoms with E-state index in [9.17, 15) is 0 Å². The number of nitrogens with two attached hydrogens (primary N) is 1. The number of fused-ring (bicyclic) bond motifs is 4. The van der Waals surface area contributed by atoms with Gasteiger partial charge in [-0.3, -0.25) is 4.98 Å². The predicted molar refractivity (Wildman–Crippen MR) is 92.3 cm³/mol. The highest BCUT2D eigenvalue weighted by Crippen LogP contribution is 2.50. The predicted octanol–water partition coefficient (Wildman–Crippen LogP) is 2.84. The highest BCUT2D eigenvalue weighted by molar-refractivity contribution is 5.76. The van der Waals surface area contributed by atoms with Gasteiger partial charge in [-0.25, -0.2) is 9.98 Å². The van der Waals surface area contributed by atoms with E-state index in [1.54, 1.807) is 12.4 Å². The zero-order chi connectivity index (χ0) is 16.9. The van der Waals surface area contributed by atoms with Gasteiger partial charge in [-0.05, 0) is 30.3 Å². The molecule has 6 nitrogen and oxygen atoms in total. The zero-order valence-electron chi connectivity index (χ0n) is 13.2. The molecule has 5 rings (SSSR count). The summed E-state index contributed by atoms with van der Waals surface area (Å²) in [5.74, 6) is 1.40. The smallest absolute Gasteiger partial charge is 0.283 e. The quantitative estimate of drug-likeness (QED) is 0.742. The van der Waals surface area contributed by atoms with Gasteiger partial charge in [-0.1, -0.05) is 18.2 Å². The van der Waals surface area contributed by atoms with Crippen molar-refractivity contribution in [3.05, 3.63) is 72.2 Å². The van der Waals surface area contributed by atoms with Gasteiger partial charge < -0.3 is 15.2 Å². The maximum atomic E-state index is 6.05. The molecule has 6 heteroatoms. The standard InChI is InChI=1S/C19H14N4O2/c20-18-23-19(11-24-18)13-5-1-2-6-15(13)25-16-8-7-14(22-17(16)19)12-4-3-9-21-10-12/h1-10H,11H2,(H2,20,23). The molecule has 0 radical (unpaired) electrons. The van der Waals surface area contributed by atoms with E-state index >= 15 is 0 Å². The number of aromatic nitrogens is 2. The maximum absolute atomic E-state index is 6.05. The molecule has 1 aromatic carbocycles. The van der Waals surface area contributed by atoms with E-state index in [0.29, 0.717) is 18.1 Å². The largest absolute Gasteiger partial charge is 0.462 e. The number of amidine groups is 1. The second-order valence-electron chi connectivity index (χ2n) is 5.98. The molecule has 25 heavy (non-hydrogen) atoms. The maximum Gasteiger partial charge on any atom is 0.283 e. The van der Waals surface area contributed by atoms with E-state index in [-0.39, 0.29) is 6.02 Å². The average molecular weight is 330 g/mol. The van der Waals surface area contributed by atoms with Gasteiger partial charge in [0.15, 0.2) is 11.3 Å². The average Bonchev–Trinajstić information content (AvgIpc) is 3.05. The summed E-state index contributed by atoms with van der Waals surface area (Å²) in [6.07, 6.45) is 3.51. The first kappa shape index (κ1) is 14.0. The second-order valence-corrected chi connectivity index (χ2v) is 5.98. The molecule has 0 amide bonds. The number of ether oxygens (including phenoxy) is 2. The number of nitrogens with zero attached hydrogens (tertiary/aromatic N) is 3. The monoisotopic (exact) mass is 330 g/mol. The van der Waals surface area contributed by atoms with Gasteiger partial charge in [0, 0.05) is 23.5 Å². The van der Waals surface area contributed by atoms with Crippen molar-refractivity contribution in [2.24, 2.45) is 10.7 Å². The second kappa shape index (κ2) is 5.04. The minimum absolute atomic E-state index is 0.163. The lowest BCUT2D eigenvalue weighted by atomic mass is 9.84. The van der Waals surface area contributed by atoms with Gasteiger partial charge in [-0.15, -0.1) is 0 Å². The summed E-state index contributed by atoms with van der Waals surface area (Å²) < 4.78 is 11.6. The van der Waals surface area contributed by atoms with Crippen molar-refractivity contribution in [3.63, 3.8) is 0 Å². The molecule has 2 aromatic heterocycles. The van der Waals surface area contributed by atoms with Crippen LogP contribution in [0.3, 0.4) is 0 Å². The van der Waals surface area contributed by atoms with Crippen LogP contribution in [0.25, 0.3) is 11.3 Å². The van der Waals surface area contributed by atoms with Crippen LogP contribution >= 0.6 is 0 Å². The van der Waals surface area contributed by atoms with Crippen molar-refractivity contribution >= 4 is 6.02 Å². The Hall–Kier alpha value is -3.41. The SMILES string of the molecule is NC1=NC2(CO1)c1ccccc1Oc1ccc(-c3cccnc3)nc12. The first-order chi connectivity index (χ1) is 12.3. The number of benzene rings is 1. The molecule has 1 spiro atoms. The van der Waals surface area contributed by atoms with Gasteiger partial charge in [0.1, 0.15) is 18.1 Å². The summed E-state index contributed by atoms with van der Waals surface area (Å²) in [5, 5.41) is 0. The van der Waals surface area contributed by atoms with Crippen molar-refractivity contribution in [1.82, 2.24) is 9.97 Å². The van der Waals surface area contributed by atoms with Crippen molar-refractivity contribution in [1.29, 1.82) is 0 Å². The zero-order valence-corrected chi connectivity index (χ0v) is 13.2. The lowest BCUT2D eigenvalue weighted by molar-refractivity contribution is 0.260. The van der Waals surface area contributed by atoms with Crippen molar-refractivity contribution < 1.29 is 9.47 Å². The fraction of sp³-hybridized carbons (Fsp3) is 0.105. The molecule has 3 aromatic rings. The molecule has 1 unspecified atom stereocenters. The van der Waals surface area contributed by atoms with Crippen molar-refractivity contribution in [2.75, 3.05) is 6.61 Å². The van der Waals surface area contributed by atoms with E-state index in [0.717, 1.165) is 22.6 Å². The first-order valence-corrected chi connectivity index (χ1v) is 7.94. The topological polar surface area (TPSA) is 82.6 Å². The third-order valence-electron chi connectivity index (χ3n) is 4.49. The number of rotatable bonds is 1. The van der Waals surface area contributed by atoms with Crippen LogP contribution in [0.4, 0.5) is 0 Å². The van der Waals surface area contributed by atoms with E-state index in [1.165, 1.54) is 0 Å². The van der Waals surface area contributed by atoms with Gasteiger partial charge in [-0.2, -0.15) is 0 Å². The Bertz CT molecular complexity index is 1000. The molecular weight excluding hydrogens is 316 g/mol. The van der Waals surface area contributed by atoms with Gasteiger partial charge in [0.2, 0.25) is 0 Å². The summed E-state index contributed by atoms with van der Waals surface area (Å²) in [6, 6.07) is 15.6. The molecule has 0 fully saturated rings. The number of para-hydroxylation sites is 1. The van der Waals surface area contributed by atoms with Crippen LogP contribution in [0.2, 0.25) is 0 Å². The minimum Gasteiger partial charge on any atom is -0.462 e. The first-order valence-electron chi connectivity index (χ1n) is 7.94. The summed E-state index contributed by atoms with van der Waals surface area (Å²) >= 11 is 0. The molecule has 0 saturated heterocycles. The van der Waals surface area contributed by atoms with Crippen molar-refractivity contribution in [3.8, 4) is 22.8 Å². The Morgan fingerprint density at radius 2 is 1.92 bits per heavy atom. The van der Waals surface area contributed by atoms with Crippen LogP contribution in [0.5, 0.6) is 11.5 Å². The molecular formula is C19H14N4O2. The number of hydrogen-bond donors (Lipinski definition) is 1. The lowest BCUT2D eigenvalue weighted by Gasteiger charge is -2.32. The summed E-state index contributed by atoms with van der Waals surface area (Å²) in [5.41, 5.74) is 8.40. The summed E-state index contributed by atoms with van der Waals surface area (Å²) in [7, 11) is 0. The Morgan fingerprint density at radius 3 is 2.72 bits per heavy atom. The van der Waals surface area contributed by atoms with Crippen molar-refractivity contribution in [2.45, 2.75) is 5.54 Å². The molecule has 4 heterocycles. The number of pyridine rings is 2. The van der Waals surface area contributed by atoms with E-state index in [1.807, 2.05) is 48.5 Å². The molecule has 1 atom stereocenters. The van der Waals surface area contributed by atoms with Gasteiger partial charge in [0.25, 0.3) is 6.02 Å². The van der Waals surface area contributed by atoms with Crippen LogP contribution in [-0.4, -0.2) is 22.6 Å². The van der Waals surface area contributed by atoms with Gasteiger partial charge in [0.05, 0.1) is 5.69 Å². The third kappa shape index (κ3) is 2.00. The molecule has 2 N–H and O–H groups in total. The number of aliphatic imine (C=N–C) groups is 1. The Morgan fingerprint density at radius 1 is 1.00 bits per heavy atom. The molecule has 0 aliphatic carbocycles. The van der Waals surface area contributed by atoms with E-state index in [2.05, 4.69) is 9.98 Å². The highest BCUT2D eigenvalue weighted by atomic mass is 16.5. The van der Waals surface area contributed by atoms with Crippen LogP contribution < -0.4 is 10.5 Å². The Kier molecular flexibility index (Phi) is 2.82. The molecule has 0 saturated carbocycles. The molecule has 2 aliphatic heterocycles. The van der Waals surface area contributed by atoms with E-state index < -0.39 is 5.54 Å². The van der Waals surface area contributed by atoms with Crippen LogP contribution in [0.1, 0.15) is 11.3 Å². The summed E-state index contributed by atoms with van der Waals surface area (Å²) in [4.78, 5) is 13.6. The molecule has 2 aliphatic rings. The Balaban J connectivity index is 1.75. The third-order valence-corrected chi connectivity index (χ3v) is 4.49. The fourth-order valence-electron chi connectivity index (χ4n) is 3.33. The normalized spacial score (nSPS) is 20.2. The van der Waals surface area contributed by atoms with E-state index in [4.69, 9.17) is 20.2 Å². The molecule has 0 bridgehead atoms. The molecule has 122 valence electrons. The summed E-state index contributed by atoms with van der Waals surface area (Å²) in [6.45, 7) is 0.301.